The number of ketones is 4. The molecule has 0 spiro atoms. The maximum Gasteiger partial charge on any atom is 0.162 e. The Balaban J connectivity index is 0.000000272. The van der Waals surface area contributed by atoms with E-state index in [4.69, 9.17) is 40.2 Å². The predicted octanol–water partition coefficient (Wildman–Crippen LogP) is 28.9. The van der Waals surface area contributed by atoms with Crippen molar-refractivity contribution in [2.45, 2.75) is 316 Å². The van der Waals surface area contributed by atoms with Crippen molar-refractivity contribution in [3.8, 4) is 45.0 Å². The minimum Gasteiger partial charge on any atom is -0.512 e. The minimum atomic E-state index is -1.48. The van der Waals surface area contributed by atoms with Crippen molar-refractivity contribution in [3.63, 3.8) is 0 Å². The van der Waals surface area contributed by atoms with Crippen molar-refractivity contribution >= 4 is 193 Å². The fraction of sp³-hybridized carbons (Fsp3) is 0.407. The van der Waals surface area contributed by atoms with Gasteiger partial charge in [0, 0.05) is 151 Å². The molecule has 149 heavy (non-hydrogen) atoms. The Morgan fingerprint density at radius 3 is 1.10 bits per heavy atom. The molecule has 0 atom stereocenters. The number of aromatic nitrogens is 5. The summed E-state index contributed by atoms with van der Waals surface area (Å²) in [6, 6.07) is 71.2. The summed E-state index contributed by atoms with van der Waals surface area (Å²) in [6.07, 6.45) is 16.2. The van der Waals surface area contributed by atoms with Gasteiger partial charge >= 0.3 is 0 Å². The number of hydrogen-bond donors (Lipinski definition) is 4. The maximum atomic E-state index is 11.7. The smallest absolute Gasteiger partial charge is 0.162 e. The molecule has 5 aromatic heterocycles. The van der Waals surface area contributed by atoms with Crippen LogP contribution in [0.1, 0.15) is 155 Å². The van der Waals surface area contributed by atoms with Crippen molar-refractivity contribution in [1.29, 1.82) is 0 Å². The van der Waals surface area contributed by atoms with Gasteiger partial charge in [0.2, 0.25) is 0 Å². The average molecular weight is 2870 g/mol. The third-order valence-electron chi connectivity index (χ3n) is 29.7. The molecular formula is C123H163Ir4N5O8SSi8-4. The minimum absolute atomic E-state index is 0. The zero-order chi connectivity index (χ0) is 108. The number of nitrogens with zero attached hydrogens (tertiary/aromatic N) is 5. The molecular weight excluding hydrogens is 2700 g/mol. The Morgan fingerprint density at radius 2 is 0.718 bits per heavy atom. The quantitative estimate of drug-likeness (QED) is 0.0346. The van der Waals surface area contributed by atoms with E-state index in [0.717, 1.165) is 70.7 Å². The van der Waals surface area contributed by atoms with Crippen LogP contribution in [0.2, 0.25) is 153 Å². The molecule has 0 fully saturated rings. The monoisotopic (exact) mass is 2870 g/mol. The summed E-state index contributed by atoms with van der Waals surface area (Å²) in [4.78, 5) is 65.8. The first-order valence-electron chi connectivity index (χ1n) is 52.2. The number of aliphatic hydroxyl groups is 4. The Kier molecular flexibility index (Phi) is 46.9. The Morgan fingerprint density at radius 1 is 0.362 bits per heavy atom. The molecule has 0 bridgehead atoms. The molecule has 8 aromatic carbocycles. The second-order valence-electron chi connectivity index (χ2n) is 47.4. The van der Waals surface area contributed by atoms with Crippen LogP contribution in [0.15, 0.2) is 194 Å². The molecule has 9 heterocycles. The van der Waals surface area contributed by atoms with Gasteiger partial charge in [-0.05, 0) is 144 Å². The van der Waals surface area contributed by atoms with E-state index in [1.54, 1.807) is 47.1 Å². The number of carbonyl (C=O) groups excluding carboxylic acids is 4. The van der Waals surface area contributed by atoms with Gasteiger partial charge in [0.1, 0.15) is 6.33 Å². The number of allylic oxidation sites excluding steroid dienone is 8. The predicted molar refractivity (Wildman–Crippen MR) is 645 cm³/mol. The molecule has 17 rings (SSSR count). The van der Waals surface area contributed by atoms with Crippen molar-refractivity contribution in [2.24, 2.45) is 11.8 Å². The van der Waals surface area contributed by atoms with E-state index in [2.05, 4.69) is 313 Å². The third-order valence-corrected chi connectivity index (χ3v) is 62.4. The third kappa shape index (κ3) is 32.6. The molecule has 0 saturated heterocycles. The van der Waals surface area contributed by atoms with Gasteiger partial charge in [-0.1, -0.05) is 340 Å². The summed E-state index contributed by atoms with van der Waals surface area (Å²) in [6.45, 7) is 77.0. The van der Waals surface area contributed by atoms with Crippen LogP contribution in [0.5, 0.6) is 0 Å². The van der Waals surface area contributed by atoms with Gasteiger partial charge in [0.05, 0.1) is 93.1 Å². The number of fused-ring (bicyclic) bond motifs is 12. The zero-order valence-electron chi connectivity index (χ0n) is 95.2. The van der Waals surface area contributed by atoms with E-state index in [9.17, 15) is 24.3 Å². The normalized spacial score (nSPS) is 16.0. The van der Waals surface area contributed by atoms with Gasteiger partial charge in [-0.15, -0.1) is 134 Å². The van der Waals surface area contributed by atoms with Gasteiger partial charge in [-0.25, -0.2) is 4.98 Å². The molecule has 0 unspecified atom stereocenters. The van der Waals surface area contributed by atoms with E-state index in [0.29, 0.717) is 0 Å². The van der Waals surface area contributed by atoms with E-state index in [1.165, 1.54) is 206 Å². The van der Waals surface area contributed by atoms with E-state index in [1.807, 2.05) is 57.6 Å². The van der Waals surface area contributed by atoms with Crippen LogP contribution >= 0.6 is 11.3 Å². The summed E-state index contributed by atoms with van der Waals surface area (Å²) in [5, 5.41) is 57.3. The Bertz CT molecular complexity index is 6940. The van der Waals surface area contributed by atoms with Crippen LogP contribution in [0.3, 0.4) is 0 Å². The SMILES string of the molecule is CC(=O)C=C(C)O.CC(=O)C=C(C)O.CC(=O)C=C(C)O.CC(C)(C)c1cc(-c2nccc3c4c(ccc23)[Si](C)(C)CC[Si]4(C)C)[c-]c2ccccc12.CCC(CC)C(=O)C=C(O)C(CC)CC.Cc1[c-]c(-c2nccc3c4c(ccc23)[Si](C)(C)CC[Si]4(C)C)cc(C)c1.Cc1[c-]c(-c2nccc3cc4c(cc23)[Si](C)(C)CC[Si]4(C)C)cc(C)c1.Cc1[c-]c(-c2ncnc3c4c(sc23)[Si](C)(C)CC[Si]4(C)C)cc(C)c1.[Ir].[Ir].[Ir].[Ir]. The second-order valence-corrected chi connectivity index (χ2v) is 87.1. The molecule has 4 aliphatic heterocycles. The van der Waals surface area contributed by atoms with Gasteiger partial charge in [0.15, 0.2) is 23.1 Å². The Labute approximate surface area is 958 Å². The van der Waals surface area contributed by atoms with Crippen molar-refractivity contribution < 1.29 is 120 Å². The van der Waals surface area contributed by atoms with Gasteiger partial charge in [-0.2, -0.15) is 11.3 Å². The summed E-state index contributed by atoms with van der Waals surface area (Å²) < 4.78 is 2.98. The van der Waals surface area contributed by atoms with Crippen LogP contribution in [-0.4, -0.2) is 133 Å². The summed E-state index contributed by atoms with van der Waals surface area (Å²) in [7, 11) is -11.1. The first-order chi connectivity index (χ1) is 67.5. The summed E-state index contributed by atoms with van der Waals surface area (Å²) in [5.74, 6) is 0.360. The molecule has 4 N–H and O–H groups in total. The number of aliphatic hydroxyl groups excluding tert-OH is 4. The number of pyridine rings is 3. The molecule has 0 aliphatic carbocycles. The van der Waals surface area contributed by atoms with Crippen LogP contribution < -0.4 is 40.8 Å². The number of rotatable bonds is 14. The van der Waals surface area contributed by atoms with Crippen molar-refractivity contribution in [3.05, 3.63) is 257 Å². The molecule has 0 amide bonds. The van der Waals surface area contributed by atoms with Crippen LogP contribution in [-0.2, 0) is 105 Å². The topological polar surface area (TPSA) is 214 Å². The molecule has 4 radical (unpaired) electrons. The van der Waals surface area contributed by atoms with Crippen LogP contribution in [0.25, 0.3) is 98.3 Å². The van der Waals surface area contributed by atoms with Crippen molar-refractivity contribution in [1.82, 2.24) is 24.9 Å². The van der Waals surface area contributed by atoms with Crippen LogP contribution in [0, 0.1) is 77.6 Å². The summed E-state index contributed by atoms with van der Waals surface area (Å²) >= 11 is 1.99. The van der Waals surface area contributed by atoms with Gasteiger partial charge in [-0.3, -0.25) is 29.1 Å². The molecule has 806 valence electrons. The molecule has 13 nitrogen and oxygen atoms in total. The second kappa shape index (κ2) is 53.7. The first kappa shape index (κ1) is 130. The number of carbonyl (C=O) groups is 4. The largest absolute Gasteiger partial charge is 0.512 e. The Hall–Kier alpha value is -7.54. The molecule has 4 aliphatic rings. The number of benzene rings is 8. The molecule has 13 aromatic rings. The van der Waals surface area contributed by atoms with E-state index in [-0.39, 0.29) is 144 Å². The number of hydrogen-bond acceptors (Lipinski definition) is 14. The number of aryl methyl sites for hydroxylation is 6. The molecule has 0 saturated carbocycles. The fourth-order valence-corrected chi connectivity index (χ4v) is 66.5. The average Bonchev–Trinajstić information content (AvgIpc) is 1.47. The maximum absolute atomic E-state index is 11.7. The van der Waals surface area contributed by atoms with Gasteiger partial charge in [0.25, 0.3) is 0 Å². The standard InChI is InChI=1S/C29H34NSi2.2C23H28NSi2.C20H25N2SSi2.C13H24O2.3C5H8O2.4Ir/c1-29(2,3)25-19-21(18-20-10-8-9-11-22(20)25)27-23-12-13-26-28(24(23)14-15-30-27)32(6,7)17-16-31(26,4)5;1-16-11-17(2)13-19(12-16)23-20-15-22-21(14-18(20)7-8-24-23)25(3,4)9-10-26(22,5)6;1-16-13-17(2)15-18(14-16)22-19-7-8-21-23(20(19)9-10-24-22)26(5,6)12-11-25(21,3)4;1-13-9-14(2)11-15(10-13)16-18-17(22-12-21-16)19-20(23-18)25(5,6)8-7-24(19,3)4;1-5-10(6-2)12(14)9-13(15)11(7-3)8-4;3*1-4(6)3-5(2)7;;;;/h8-15,19H,16-17H2,1-7H3;7-8,11-12,14-15H,9-10H2,1-6H3;7-10,13-14H,11-12H2,1-6H3;9-10,12H,7-8H2,1-6H3;9-11,14H,5-8H2,1-4H3;3*3,6H,1-2H3;;;;/q4*-1;;;;;;;;. The van der Waals surface area contributed by atoms with Crippen molar-refractivity contribution in [2.75, 3.05) is 0 Å². The molecule has 26 heteroatoms. The zero-order valence-corrected chi connectivity index (χ0v) is 114. The number of thiophene rings is 1. The van der Waals surface area contributed by atoms with E-state index >= 15 is 0 Å². The van der Waals surface area contributed by atoms with E-state index < -0.39 is 64.6 Å². The first-order valence-corrected chi connectivity index (χ1v) is 78.6. The fourth-order valence-electron chi connectivity index (χ4n) is 21.5. The summed E-state index contributed by atoms with van der Waals surface area (Å²) in [5.41, 5.74) is 18.8. The van der Waals surface area contributed by atoms with Gasteiger partial charge < -0.3 is 30.4 Å². The van der Waals surface area contributed by atoms with Crippen LogP contribution in [0.4, 0.5) is 0 Å².